The van der Waals surface area contributed by atoms with E-state index in [1.54, 1.807) is 23.4 Å². The molecule has 51 heavy (non-hydrogen) atoms. The first-order chi connectivity index (χ1) is 24.7. The van der Waals surface area contributed by atoms with Gasteiger partial charge in [0.25, 0.3) is 5.88 Å². The molecule has 17 heteroatoms. The number of thiophene rings is 1. The van der Waals surface area contributed by atoms with Gasteiger partial charge in [-0.1, -0.05) is 15.5 Å². The van der Waals surface area contributed by atoms with Crippen LogP contribution in [0.5, 0.6) is 5.88 Å². The zero-order valence-corrected chi connectivity index (χ0v) is 29.6. The molecule has 2 aliphatic carbocycles. The third-order valence-electron chi connectivity index (χ3n) is 10.9. The van der Waals surface area contributed by atoms with Crippen LogP contribution >= 0.6 is 11.3 Å². The van der Waals surface area contributed by atoms with Gasteiger partial charge in [-0.15, -0.1) is 11.3 Å². The normalized spacial score (nSPS) is 26.7. The van der Waals surface area contributed by atoms with E-state index in [0.717, 1.165) is 68.6 Å². The number of aliphatic hydroxyl groups excluding tert-OH is 1. The minimum absolute atomic E-state index is 0.0464. The smallest absolute Gasteiger partial charge is 0.253 e. The summed E-state index contributed by atoms with van der Waals surface area (Å²) < 4.78 is 13.5. The van der Waals surface area contributed by atoms with Crippen molar-refractivity contribution in [1.82, 2.24) is 44.9 Å². The lowest BCUT2D eigenvalue weighted by Gasteiger charge is -2.42. The molecular formula is C34H42N12O4S. The van der Waals surface area contributed by atoms with Gasteiger partial charge in [0.2, 0.25) is 23.6 Å². The standard InChI is InChI=1S/C34H42N12O4S/c1-20-16-43(21-13-23(14-21)49-27-18-45(42-40-27)19-28(48)44-12-7-22(47)17-44)10-4-11-46(20)33-37-9-6-25(38-33)31-39-32(50-41-31)34(2)8-3-5-26-29(34)24(15-35)30(36)51-26/h6,9,18,20-23,47H,3-5,7-8,10-14,16-17,19,36H2,1-2H3. The molecule has 8 rings (SSSR count). The van der Waals surface area contributed by atoms with E-state index in [1.807, 2.05) is 0 Å². The van der Waals surface area contributed by atoms with Gasteiger partial charge in [0, 0.05) is 74.3 Å². The Labute approximate surface area is 299 Å². The zero-order valence-electron chi connectivity index (χ0n) is 28.8. The first kappa shape index (κ1) is 33.5. The molecule has 3 unspecified atom stereocenters. The summed E-state index contributed by atoms with van der Waals surface area (Å²) in [5, 5.41) is 32.6. The minimum atomic E-state index is -0.597. The van der Waals surface area contributed by atoms with Crippen molar-refractivity contribution in [2.75, 3.05) is 43.4 Å². The maximum absolute atomic E-state index is 12.5. The fourth-order valence-electron chi connectivity index (χ4n) is 8.02. The van der Waals surface area contributed by atoms with E-state index in [1.165, 1.54) is 16.0 Å². The second-order valence-corrected chi connectivity index (χ2v) is 15.5. The summed E-state index contributed by atoms with van der Waals surface area (Å²) in [6, 6.07) is 4.68. The van der Waals surface area contributed by atoms with Crippen molar-refractivity contribution >= 4 is 28.2 Å². The largest absolute Gasteiger partial charge is 0.472 e. The molecule has 1 saturated carbocycles. The third kappa shape index (κ3) is 6.40. The number of carbonyl (C=O) groups is 1. The van der Waals surface area contributed by atoms with Crippen molar-refractivity contribution in [3.8, 4) is 23.5 Å². The number of aliphatic hydroxyl groups is 1. The van der Waals surface area contributed by atoms with E-state index in [-0.39, 0.29) is 24.6 Å². The number of nitrogens with two attached hydrogens (primary N) is 1. The summed E-state index contributed by atoms with van der Waals surface area (Å²) in [5.74, 6) is 1.84. The summed E-state index contributed by atoms with van der Waals surface area (Å²) in [6.07, 6.45) is 8.99. The number of hydrogen-bond donors (Lipinski definition) is 2. The Morgan fingerprint density at radius 2 is 2.10 bits per heavy atom. The Morgan fingerprint density at radius 1 is 1.24 bits per heavy atom. The van der Waals surface area contributed by atoms with Crippen molar-refractivity contribution in [2.45, 2.75) is 95.0 Å². The van der Waals surface area contributed by atoms with Crippen LogP contribution in [0.3, 0.4) is 0 Å². The van der Waals surface area contributed by atoms with Crippen molar-refractivity contribution in [3.05, 3.63) is 40.4 Å². The van der Waals surface area contributed by atoms with Gasteiger partial charge in [0.1, 0.15) is 29.4 Å². The van der Waals surface area contributed by atoms with E-state index in [9.17, 15) is 15.2 Å². The molecule has 0 radical (unpaired) electrons. The SMILES string of the molecule is CC1CN(C2CC(Oc3cn(CC(=O)N4CCC(O)C4)nn3)C2)CCCN1c1nccc(-c2noc(C3(C)CCCc4sc(N)c(C#N)c43)n2)n1. The molecule has 3 atom stereocenters. The predicted octanol–water partition coefficient (Wildman–Crippen LogP) is 2.38. The number of nitriles is 1. The predicted molar refractivity (Wildman–Crippen MR) is 186 cm³/mol. The van der Waals surface area contributed by atoms with Crippen LogP contribution in [0.4, 0.5) is 10.9 Å². The van der Waals surface area contributed by atoms with Gasteiger partial charge < -0.3 is 29.9 Å². The molecule has 0 spiro atoms. The lowest BCUT2D eigenvalue weighted by Crippen LogP contribution is -2.52. The number of nitrogens with zero attached hydrogens (tertiary/aromatic N) is 11. The average molecular weight is 715 g/mol. The number of amides is 1. The van der Waals surface area contributed by atoms with Crippen molar-refractivity contribution in [1.29, 1.82) is 5.26 Å². The van der Waals surface area contributed by atoms with Crippen LogP contribution in [0.1, 0.15) is 74.3 Å². The topological polar surface area (TPSA) is 201 Å². The quantitative estimate of drug-likeness (QED) is 0.269. The molecule has 16 nitrogen and oxygen atoms in total. The number of rotatable bonds is 8. The Morgan fingerprint density at radius 3 is 2.90 bits per heavy atom. The van der Waals surface area contributed by atoms with Gasteiger partial charge >= 0.3 is 0 Å². The number of ether oxygens (including phenoxy) is 1. The minimum Gasteiger partial charge on any atom is -0.472 e. The fourth-order valence-corrected chi connectivity index (χ4v) is 9.21. The van der Waals surface area contributed by atoms with Gasteiger partial charge in [-0.25, -0.2) is 14.6 Å². The summed E-state index contributed by atoms with van der Waals surface area (Å²) in [5.41, 5.74) is 7.64. The van der Waals surface area contributed by atoms with Gasteiger partial charge in [0.15, 0.2) is 0 Å². The second kappa shape index (κ2) is 13.5. The molecule has 2 aliphatic heterocycles. The highest BCUT2D eigenvalue weighted by Crippen LogP contribution is 2.48. The van der Waals surface area contributed by atoms with E-state index in [4.69, 9.17) is 25.0 Å². The summed E-state index contributed by atoms with van der Waals surface area (Å²) in [7, 11) is 0. The van der Waals surface area contributed by atoms with Crippen LogP contribution < -0.4 is 15.4 Å². The highest BCUT2D eigenvalue weighted by atomic mass is 32.1. The Kier molecular flexibility index (Phi) is 8.85. The van der Waals surface area contributed by atoms with Crippen LogP contribution in [0.25, 0.3) is 11.5 Å². The van der Waals surface area contributed by atoms with Gasteiger partial charge in [0.05, 0.1) is 23.3 Å². The number of carbonyl (C=O) groups excluding carboxylic acids is 1. The van der Waals surface area contributed by atoms with E-state index in [0.29, 0.717) is 65.4 Å². The number of fused-ring (bicyclic) bond motifs is 1. The summed E-state index contributed by atoms with van der Waals surface area (Å²) >= 11 is 1.48. The molecule has 0 bridgehead atoms. The molecule has 0 aromatic carbocycles. The summed E-state index contributed by atoms with van der Waals surface area (Å²) in [6.45, 7) is 7.93. The highest BCUT2D eigenvalue weighted by molar-refractivity contribution is 7.16. The first-order valence-electron chi connectivity index (χ1n) is 17.7. The maximum Gasteiger partial charge on any atom is 0.253 e. The number of anilines is 2. The number of aromatic nitrogens is 7. The summed E-state index contributed by atoms with van der Waals surface area (Å²) in [4.78, 5) is 34.4. The van der Waals surface area contributed by atoms with E-state index < -0.39 is 11.5 Å². The van der Waals surface area contributed by atoms with Crippen LogP contribution in [-0.4, -0.2) is 113 Å². The molecule has 3 N–H and O–H groups in total. The average Bonchev–Trinajstić information content (AvgIpc) is 3.90. The Balaban J connectivity index is 0.877. The van der Waals surface area contributed by atoms with Crippen molar-refractivity contribution in [3.63, 3.8) is 0 Å². The third-order valence-corrected chi connectivity index (χ3v) is 11.9. The van der Waals surface area contributed by atoms with Gasteiger partial charge in [-0.05, 0) is 52.0 Å². The molecule has 4 aliphatic rings. The van der Waals surface area contributed by atoms with E-state index in [2.05, 4.69) is 50.2 Å². The number of likely N-dealkylation sites (tertiary alicyclic amines) is 1. The lowest BCUT2D eigenvalue weighted by atomic mass is 9.72. The van der Waals surface area contributed by atoms with Crippen LogP contribution in [0.2, 0.25) is 0 Å². The van der Waals surface area contributed by atoms with Gasteiger partial charge in [-0.3, -0.25) is 9.69 Å². The highest BCUT2D eigenvalue weighted by Gasteiger charge is 2.43. The molecule has 4 aromatic rings. The van der Waals surface area contributed by atoms with Crippen LogP contribution in [0, 0.1) is 11.3 Å². The number of aryl methyl sites for hydroxylation is 1. The zero-order chi connectivity index (χ0) is 35.3. The lowest BCUT2D eigenvalue weighted by molar-refractivity contribution is -0.131. The number of nitrogen functional groups attached to an aromatic ring is 1. The Bertz CT molecular complexity index is 1950. The van der Waals surface area contributed by atoms with Crippen LogP contribution in [0.15, 0.2) is 23.0 Å². The van der Waals surface area contributed by atoms with E-state index >= 15 is 0 Å². The monoisotopic (exact) mass is 714 g/mol. The fraction of sp³-hybridized carbons (Fsp3) is 0.588. The molecule has 6 heterocycles. The second-order valence-electron chi connectivity index (χ2n) is 14.4. The number of β-amino-alcohol motifs (C(OH)–C–C–N with tert-alkyl or cyclic N) is 1. The Hall–Kier alpha value is -4.66. The molecule has 268 valence electrons. The van der Waals surface area contributed by atoms with Crippen molar-refractivity contribution in [2.24, 2.45) is 0 Å². The molecular weight excluding hydrogens is 673 g/mol. The first-order valence-corrected chi connectivity index (χ1v) is 18.5. The van der Waals surface area contributed by atoms with Crippen LogP contribution in [-0.2, 0) is 23.2 Å². The number of hydrogen-bond acceptors (Lipinski definition) is 15. The molecule has 2 saturated heterocycles. The van der Waals surface area contributed by atoms with Crippen molar-refractivity contribution < 1.29 is 19.2 Å². The van der Waals surface area contributed by atoms with Gasteiger partial charge in [-0.2, -0.15) is 10.2 Å². The maximum atomic E-state index is 12.5. The molecule has 4 aromatic heterocycles. The molecule has 1 amide bonds. The molecule has 3 fully saturated rings.